The van der Waals surface area contributed by atoms with Crippen LogP contribution in [0.15, 0.2) is 39.9 Å². The van der Waals surface area contributed by atoms with Crippen LogP contribution in [-0.2, 0) is 6.54 Å². The van der Waals surface area contributed by atoms with Gasteiger partial charge in [0.15, 0.2) is 0 Å². The Morgan fingerprint density at radius 2 is 2.10 bits per heavy atom. The van der Waals surface area contributed by atoms with Gasteiger partial charge >= 0.3 is 5.69 Å². The van der Waals surface area contributed by atoms with E-state index in [2.05, 4.69) is 11.1 Å². The summed E-state index contributed by atoms with van der Waals surface area (Å²) in [5.41, 5.74) is 0.331. The maximum Gasteiger partial charge on any atom is 0.329 e. The number of aromatic amines is 1. The van der Waals surface area contributed by atoms with Crippen molar-refractivity contribution in [2.75, 3.05) is 0 Å². The minimum atomic E-state index is -0.456. The van der Waals surface area contributed by atoms with Crippen molar-refractivity contribution >= 4 is 21.6 Å². The summed E-state index contributed by atoms with van der Waals surface area (Å²) < 4.78 is 1.13. The number of hydrogen-bond acceptors (Lipinski definition) is 4. The van der Waals surface area contributed by atoms with Gasteiger partial charge in [-0.3, -0.25) is 14.3 Å². The molecule has 0 fully saturated rings. The highest BCUT2D eigenvalue weighted by molar-refractivity contribution is 7.18. The van der Waals surface area contributed by atoms with Crippen LogP contribution in [0.1, 0.15) is 16.0 Å². The van der Waals surface area contributed by atoms with Gasteiger partial charge in [0.05, 0.1) is 23.6 Å². The number of benzene rings is 1. The highest BCUT2D eigenvalue weighted by Crippen LogP contribution is 2.18. The number of nitrogens with one attached hydrogen (secondary N) is 1. The number of thiophene rings is 1. The van der Waals surface area contributed by atoms with Gasteiger partial charge in [-0.05, 0) is 24.6 Å². The average Bonchev–Trinajstić information content (AvgIpc) is 2.84. The molecule has 6 heteroatoms. The third-order valence-corrected chi connectivity index (χ3v) is 4.23. The van der Waals surface area contributed by atoms with Crippen molar-refractivity contribution in [3.8, 4) is 6.07 Å². The average molecular weight is 297 g/mol. The molecule has 0 aliphatic carbocycles. The van der Waals surface area contributed by atoms with E-state index >= 15 is 0 Å². The van der Waals surface area contributed by atoms with Crippen molar-refractivity contribution in [2.45, 2.75) is 13.5 Å². The van der Waals surface area contributed by atoms with Gasteiger partial charge in [-0.15, -0.1) is 11.3 Å². The van der Waals surface area contributed by atoms with E-state index in [-0.39, 0.29) is 12.1 Å². The minimum absolute atomic E-state index is 0.0860. The zero-order valence-electron chi connectivity index (χ0n) is 11.2. The molecule has 0 saturated heterocycles. The molecule has 21 heavy (non-hydrogen) atoms. The number of aromatic nitrogens is 2. The van der Waals surface area contributed by atoms with Crippen LogP contribution in [0.4, 0.5) is 0 Å². The van der Waals surface area contributed by atoms with Crippen LogP contribution >= 0.6 is 11.3 Å². The SMILES string of the molecule is Cc1cc2c(=O)n(Cc3ccccc3C#N)c(=O)[nH]c2s1. The third kappa shape index (κ3) is 2.28. The lowest BCUT2D eigenvalue weighted by molar-refractivity contribution is 0.711. The summed E-state index contributed by atoms with van der Waals surface area (Å²) in [6.07, 6.45) is 0. The number of rotatable bonds is 2. The van der Waals surface area contributed by atoms with E-state index in [0.717, 1.165) is 9.44 Å². The first-order chi connectivity index (χ1) is 10.1. The summed E-state index contributed by atoms with van der Waals surface area (Å²) >= 11 is 1.38. The maximum absolute atomic E-state index is 12.4. The molecule has 5 nitrogen and oxygen atoms in total. The molecule has 0 aliphatic heterocycles. The second-order valence-electron chi connectivity index (χ2n) is 4.69. The molecule has 0 bridgehead atoms. The molecule has 0 unspecified atom stereocenters. The van der Waals surface area contributed by atoms with Gasteiger partial charge in [0.1, 0.15) is 4.83 Å². The van der Waals surface area contributed by atoms with E-state index in [1.54, 1.807) is 30.3 Å². The zero-order chi connectivity index (χ0) is 15.0. The molecule has 2 aromatic heterocycles. The van der Waals surface area contributed by atoms with Crippen LogP contribution in [-0.4, -0.2) is 9.55 Å². The number of nitrogens with zero attached hydrogens (tertiary/aromatic N) is 2. The van der Waals surface area contributed by atoms with Gasteiger partial charge in [0.2, 0.25) is 0 Å². The fourth-order valence-electron chi connectivity index (χ4n) is 2.25. The predicted octanol–water partition coefficient (Wildman–Crippen LogP) is 1.98. The lowest BCUT2D eigenvalue weighted by Crippen LogP contribution is -2.35. The second-order valence-corrected chi connectivity index (χ2v) is 5.95. The van der Waals surface area contributed by atoms with Crippen molar-refractivity contribution in [1.29, 1.82) is 5.26 Å². The van der Waals surface area contributed by atoms with Gasteiger partial charge in [-0.25, -0.2) is 4.79 Å². The summed E-state index contributed by atoms with van der Waals surface area (Å²) in [5.74, 6) is 0. The van der Waals surface area contributed by atoms with Crippen LogP contribution in [0.25, 0.3) is 10.2 Å². The number of nitriles is 1. The highest BCUT2D eigenvalue weighted by Gasteiger charge is 2.11. The normalized spacial score (nSPS) is 10.7. The molecular weight excluding hydrogens is 286 g/mol. The molecule has 2 heterocycles. The first-order valence-corrected chi connectivity index (χ1v) is 7.13. The number of hydrogen-bond donors (Lipinski definition) is 1. The minimum Gasteiger partial charge on any atom is -0.298 e. The van der Waals surface area contributed by atoms with Gasteiger partial charge in [0.25, 0.3) is 5.56 Å². The summed E-state index contributed by atoms with van der Waals surface area (Å²) in [7, 11) is 0. The fraction of sp³-hybridized carbons (Fsp3) is 0.133. The quantitative estimate of drug-likeness (QED) is 0.785. The third-order valence-electron chi connectivity index (χ3n) is 3.26. The Bertz CT molecular complexity index is 989. The molecule has 0 amide bonds. The Morgan fingerprint density at radius 3 is 2.86 bits per heavy atom. The first kappa shape index (κ1) is 13.3. The number of H-pyrrole nitrogens is 1. The van der Waals surface area contributed by atoms with Gasteiger partial charge in [-0.1, -0.05) is 18.2 Å². The van der Waals surface area contributed by atoms with E-state index in [1.165, 1.54) is 11.3 Å². The Labute approximate surface area is 123 Å². The van der Waals surface area contributed by atoms with Crippen LogP contribution in [0.2, 0.25) is 0 Å². The van der Waals surface area contributed by atoms with Crippen molar-refractivity contribution in [2.24, 2.45) is 0 Å². The summed E-state index contributed by atoms with van der Waals surface area (Å²) in [6.45, 7) is 1.97. The van der Waals surface area contributed by atoms with E-state index in [9.17, 15) is 9.59 Å². The Balaban J connectivity index is 2.20. The van der Waals surface area contributed by atoms with E-state index < -0.39 is 5.69 Å². The van der Waals surface area contributed by atoms with Crippen molar-refractivity contribution in [3.63, 3.8) is 0 Å². The van der Waals surface area contributed by atoms with Crippen LogP contribution in [0, 0.1) is 18.3 Å². The van der Waals surface area contributed by atoms with Crippen molar-refractivity contribution in [1.82, 2.24) is 9.55 Å². The van der Waals surface area contributed by atoms with Crippen LogP contribution in [0.3, 0.4) is 0 Å². The van der Waals surface area contributed by atoms with E-state index in [0.29, 0.717) is 21.3 Å². The standard InChI is InChI=1S/C15H11N3O2S/c1-9-6-12-13(21-9)17-15(20)18(14(12)19)8-11-5-3-2-4-10(11)7-16/h2-6H,8H2,1H3,(H,17,20). The smallest absolute Gasteiger partial charge is 0.298 e. The lowest BCUT2D eigenvalue weighted by atomic mass is 10.1. The number of fused-ring (bicyclic) bond motifs is 1. The molecule has 0 radical (unpaired) electrons. The van der Waals surface area contributed by atoms with Crippen LogP contribution < -0.4 is 11.2 Å². The molecule has 3 aromatic rings. The topological polar surface area (TPSA) is 78.7 Å². The Morgan fingerprint density at radius 1 is 1.33 bits per heavy atom. The Hall–Kier alpha value is -2.65. The summed E-state index contributed by atoms with van der Waals surface area (Å²) in [5, 5.41) is 9.59. The first-order valence-electron chi connectivity index (χ1n) is 6.31. The monoisotopic (exact) mass is 297 g/mol. The van der Waals surface area contributed by atoms with Gasteiger partial charge < -0.3 is 0 Å². The zero-order valence-corrected chi connectivity index (χ0v) is 12.0. The van der Waals surface area contributed by atoms with Crippen molar-refractivity contribution in [3.05, 3.63) is 67.2 Å². The van der Waals surface area contributed by atoms with Gasteiger partial charge in [0, 0.05) is 4.88 Å². The van der Waals surface area contributed by atoms with Crippen LogP contribution in [0.5, 0.6) is 0 Å². The molecule has 0 aliphatic rings. The largest absolute Gasteiger partial charge is 0.329 e. The van der Waals surface area contributed by atoms with E-state index in [4.69, 9.17) is 5.26 Å². The van der Waals surface area contributed by atoms with Gasteiger partial charge in [-0.2, -0.15) is 5.26 Å². The Kier molecular flexibility index (Phi) is 3.20. The van der Waals surface area contributed by atoms with Crippen molar-refractivity contribution < 1.29 is 0 Å². The molecule has 1 aromatic carbocycles. The summed E-state index contributed by atoms with van der Waals surface area (Å²) in [4.78, 5) is 28.8. The summed E-state index contributed by atoms with van der Waals surface area (Å²) in [6, 6.07) is 10.8. The fourth-order valence-corrected chi connectivity index (χ4v) is 3.14. The molecule has 104 valence electrons. The maximum atomic E-state index is 12.4. The molecule has 0 saturated carbocycles. The predicted molar refractivity (Wildman–Crippen MR) is 81.7 cm³/mol. The molecule has 0 spiro atoms. The molecule has 0 atom stereocenters. The molecule has 1 N–H and O–H groups in total. The lowest BCUT2D eigenvalue weighted by Gasteiger charge is -2.06. The van der Waals surface area contributed by atoms with E-state index in [1.807, 2.05) is 6.92 Å². The molecular formula is C15H11N3O2S. The molecule has 3 rings (SSSR count). The highest BCUT2D eigenvalue weighted by atomic mass is 32.1. The number of aryl methyl sites for hydroxylation is 1. The second kappa shape index (κ2) is 5.04.